The van der Waals surface area contributed by atoms with Gasteiger partial charge in [0.1, 0.15) is 0 Å². The molecule has 0 aliphatic rings. The van der Waals surface area contributed by atoms with Gasteiger partial charge in [0.2, 0.25) is 0 Å². The van der Waals surface area contributed by atoms with Crippen molar-refractivity contribution in [3.05, 3.63) is 65.5 Å². The van der Waals surface area contributed by atoms with Crippen molar-refractivity contribution in [3.8, 4) is 0 Å². The van der Waals surface area contributed by atoms with Crippen LogP contribution in [0.2, 0.25) is 0 Å². The zero-order valence-corrected chi connectivity index (χ0v) is 10.1. The smallest absolute Gasteiger partial charge is 0.254 e. The lowest BCUT2D eigenvalue weighted by Crippen LogP contribution is -2.27. The molecule has 1 aromatic heterocycles. The highest BCUT2D eigenvalue weighted by Crippen LogP contribution is 2.10. The maximum Gasteiger partial charge on any atom is 0.254 e. The maximum atomic E-state index is 13.4. The second kappa shape index (κ2) is 6.04. The van der Waals surface area contributed by atoms with Crippen molar-refractivity contribution < 1.29 is 13.6 Å². The molecule has 19 heavy (non-hydrogen) atoms. The molecule has 0 bridgehead atoms. The molecule has 0 saturated heterocycles. The summed E-state index contributed by atoms with van der Waals surface area (Å²) < 4.78 is 26.3. The van der Waals surface area contributed by atoms with E-state index >= 15 is 0 Å². The van der Waals surface area contributed by atoms with Crippen LogP contribution in [0.1, 0.15) is 16.1 Å². The maximum absolute atomic E-state index is 13.4. The van der Waals surface area contributed by atoms with Gasteiger partial charge in [-0.05, 0) is 24.3 Å². The molecule has 1 aromatic carbocycles. The number of aromatic nitrogens is 1. The first kappa shape index (κ1) is 13.1. The highest BCUT2D eigenvalue weighted by atomic mass is 19.2. The molecule has 2 aromatic rings. The van der Waals surface area contributed by atoms with E-state index < -0.39 is 17.5 Å². The van der Waals surface area contributed by atoms with Gasteiger partial charge in [-0.3, -0.25) is 9.78 Å². The highest BCUT2D eigenvalue weighted by molar-refractivity contribution is 5.94. The molecule has 2 rings (SSSR count). The minimum Gasteiger partial charge on any atom is -0.352 e. The first-order valence-corrected chi connectivity index (χ1v) is 5.80. The highest BCUT2D eigenvalue weighted by Gasteiger charge is 2.14. The van der Waals surface area contributed by atoms with Crippen LogP contribution in [0.15, 0.2) is 42.6 Å². The Hall–Kier alpha value is -2.30. The summed E-state index contributed by atoms with van der Waals surface area (Å²) in [5.41, 5.74) is 0.531. The first-order valence-electron chi connectivity index (χ1n) is 5.80. The van der Waals surface area contributed by atoms with E-state index in [1.165, 1.54) is 12.1 Å². The van der Waals surface area contributed by atoms with Crippen LogP contribution in [0.25, 0.3) is 0 Å². The van der Waals surface area contributed by atoms with Crippen LogP contribution in [0.5, 0.6) is 0 Å². The van der Waals surface area contributed by atoms with Gasteiger partial charge in [-0.1, -0.05) is 12.1 Å². The molecule has 0 saturated carbocycles. The van der Waals surface area contributed by atoms with E-state index in [4.69, 9.17) is 0 Å². The van der Waals surface area contributed by atoms with Gasteiger partial charge in [-0.15, -0.1) is 0 Å². The number of benzene rings is 1. The molecular formula is C14H12F2N2O. The summed E-state index contributed by atoms with van der Waals surface area (Å²) in [6.07, 6.45) is 2.19. The Morgan fingerprint density at radius 1 is 1.16 bits per heavy atom. The van der Waals surface area contributed by atoms with Crippen molar-refractivity contribution in [3.63, 3.8) is 0 Å². The molecule has 1 heterocycles. The van der Waals surface area contributed by atoms with Crippen LogP contribution in [0.4, 0.5) is 8.78 Å². The van der Waals surface area contributed by atoms with Crippen molar-refractivity contribution in [2.24, 2.45) is 0 Å². The third kappa shape index (κ3) is 3.34. The number of carbonyl (C=O) groups excluding carboxylic acids is 1. The average Bonchev–Trinajstić information content (AvgIpc) is 2.43. The molecule has 0 fully saturated rings. The van der Waals surface area contributed by atoms with E-state index in [2.05, 4.69) is 10.3 Å². The van der Waals surface area contributed by atoms with Crippen LogP contribution >= 0.6 is 0 Å². The van der Waals surface area contributed by atoms with E-state index in [0.717, 1.165) is 11.8 Å². The largest absolute Gasteiger partial charge is 0.352 e. The van der Waals surface area contributed by atoms with Gasteiger partial charge < -0.3 is 5.32 Å². The first-order chi connectivity index (χ1) is 9.18. The van der Waals surface area contributed by atoms with E-state index in [9.17, 15) is 13.6 Å². The van der Waals surface area contributed by atoms with Gasteiger partial charge in [0.15, 0.2) is 11.6 Å². The molecule has 1 amide bonds. The summed E-state index contributed by atoms with van der Waals surface area (Å²) >= 11 is 0. The van der Waals surface area contributed by atoms with Crippen LogP contribution < -0.4 is 5.32 Å². The molecule has 3 nitrogen and oxygen atoms in total. The van der Waals surface area contributed by atoms with Gasteiger partial charge in [0, 0.05) is 24.9 Å². The topological polar surface area (TPSA) is 42.0 Å². The van der Waals surface area contributed by atoms with E-state index in [-0.39, 0.29) is 5.56 Å². The van der Waals surface area contributed by atoms with Crippen LogP contribution in [-0.4, -0.2) is 17.4 Å². The third-order valence-corrected chi connectivity index (χ3v) is 2.59. The summed E-state index contributed by atoms with van der Waals surface area (Å²) in [6, 6.07) is 8.98. The SMILES string of the molecule is O=C(NCCc1ccccn1)c1cccc(F)c1F. The Morgan fingerprint density at radius 2 is 2.00 bits per heavy atom. The lowest BCUT2D eigenvalue weighted by Gasteiger charge is -2.06. The zero-order chi connectivity index (χ0) is 13.7. The molecule has 5 heteroatoms. The number of nitrogens with one attached hydrogen (secondary N) is 1. The third-order valence-electron chi connectivity index (χ3n) is 2.59. The zero-order valence-electron chi connectivity index (χ0n) is 10.1. The van der Waals surface area contributed by atoms with Gasteiger partial charge in [-0.2, -0.15) is 0 Å². The number of carbonyl (C=O) groups is 1. The van der Waals surface area contributed by atoms with E-state index in [1.54, 1.807) is 12.3 Å². The predicted octanol–water partition coefficient (Wildman–Crippen LogP) is 2.33. The number of nitrogens with zero attached hydrogens (tertiary/aromatic N) is 1. The van der Waals surface area contributed by atoms with E-state index in [0.29, 0.717) is 13.0 Å². The normalized spacial score (nSPS) is 10.2. The number of hydrogen-bond acceptors (Lipinski definition) is 2. The summed E-state index contributed by atoms with van der Waals surface area (Å²) in [4.78, 5) is 15.8. The predicted molar refractivity (Wildman–Crippen MR) is 66.6 cm³/mol. The van der Waals surface area contributed by atoms with Gasteiger partial charge in [0.25, 0.3) is 5.91 Å². The summed E-state index contributed by atoms with van der Waals surface area (Å²) in [5, 5.41) is 2.53. The van der Waals surface area contributed by atoms with E-state index in [1.807, 2.05) is 12.1 Å². The van der Waals surface area contributed by atoms with Gasteiger partial charge >= 0.3 is 0 Å². The Bertz CT molecular complexity index is 573. The molecule has 0 aliphatic carbocycles. The molecule has 0 radical (unpaired) electrons. The van der Waals surface area contributed by atoms with Gasteiger partial charge in [0.05, 0.1) is 5.56 Å². The van der Waals surface area contributed by atoms with Crippen LogP contribution in [0, 0.1) is 11.6 Å². The second-order valence-corrected chi connectivity index (χ2v) is 3.93. The monoisotopic (exact) mass is 262 g/mol. The Labute approximate surface area is 109 Å². The molecule has 98 valence electrons. The quantitative estimate of drug-likeness (QED) is 0.918. The van der Waals surface area contributed by atoms with Crippen molar-refractivity contribution in [2.75, 3.05) is 6.54 Å². The number of rotatable bonds is 4. The standard InChI is InChI=1S/C14H12F2N2O/c15-12-6-3-5-11(13(12)16)14(19)18-9-7-10-4-1-2-8-17-10/h1-6,8H,7,9H2,(H,18,19). The number of halogens is 2. The van der Waals surface area contributed by atoms with Crippen molar-refractivity contribution in [1.82, 2.24) is 10.3 Å². The lowest BCUT2D eigenvalue weighted by molar-refractivity contribution is 0.0949. The van der Waals surface area contributed by atoms with Crippen molar-refractivity contribution >= 4 is 5.91 Å². The lowest BCUT2D eigenvalue weighted by atomic mass is 10.2. The van der Waals surface area contributed by atoms with Crippen LogP contribution in [0.3, 0.4) is 0 Å². The number of amides is 1. The second-order valence-electron chi connectivity index (χ2n) is 3.93. The van der Waals surface area contributed by atoms with Gasteiger partial charge in [-0.25, -0.2) is 8.78 Å². The van der Waals surface area contributed by atoms with Crippen molar-refractivity contribution in [1.29, 1.82) is 0 Å². The molecule has 0 atom stereocenters. The fourth-order valence-electron chi connectivity index (χ4n) is 1.62. The van der Waals surface area contributed by atoms with Crippen molar-refractivity contribution in [2.45, 2.75) is 6.42 Å². The Balaban J connectivity index is 1.93. The fourth-order valence-corrected chi connectivity index (χ4v) is 1.62. The number of pyridine rings is 1. The average molecular weight is 262 g/mol. The summed E-state index contributed by atoms with van der Waals surface area (Å²) in [7, 11) is 0. The fraction of sp³-hybridized carbons (Fsp3) is 0.143. The molecule has 0 unspecified atom stereocenters. The molecule has 0 aliphatic heterocycles. The number of hydrogen-bond donors (Lipinski definition) is 1. The molecular weight excluding hydrogens is 250 g/mol. The molecule has 1 N–H and O–H groups in total. The minimum atomic E-state index is -1.13. The Kier molecular flexibility index (Phi) is 4.18. The minimum absolute atomic E-state index is 0.291. The van der Waals surface area contributed by atoms with Crippen LogP contribution in [-0.2, 0) is 6.42 Å². The molecule has 0 spiro atoms. The summed E-state index contributed by atoms with van der Waals surface area (Å²) in [5.74, 6) is -2.79. The summed E-state index contributed by atoms with van der Waals surface area (Å²) in [6.45, 7) is 0.311. The Morgan fingerprint density at radius 3 is 2.74 bits per heavy atom.